The van der Waals surface area contributed by atoms with Crippen molar-refractivity contribution in [3.8, 4) is 0 Å². The fourth-order valence-corrected chi connectivity index (χ4v) is 3.56. The number of allylic oxidation sites excluding steroid dienone is 1. The highest BCUT2D eigenvalue weighted by molar-refractivity contribution is 8.23. The number of carbonyl (C=O) groups is 2. The SMILES string of the molecule is CC=C(SC(C)(C)C(=O)O)SC(C)(C)C(=O)O. The molecule has 0 aliphatic carbocycles. The zero-order chi connectivity index (χ0) is 13.9. The van der Waals surface area contributed by atoms with Gasteiger partial charge in [-0.25, -0.2) is 0 Å². The zero-order valence-electron chi connectivity index (χ0n) is 10.6. The van der Waals surface area contributed by atoms with E-state index in [2.05, 4.69) is 0 Å². The molecule has 0 saturated heterocycles. The fourth-order valence-electron chi connectivity index (χ4n) is 0.729. The number of aliphatic carboxylic acids is 2. The van der Waals surface area contributed by atoms with Crippen molar-refractivity contribution in [2.45, 2.75) is 44.1 Å². The summed E-state index contributed by atoms with van der Waals surface area (Å²) in [7, 11) is 0. The van der Waals surface area contributed by atoms with E-state index in [9.17, 15) is 9.59 Å². The Bertz CT molecular complexity index is 315. The summed E-state index contributed by atoms with van der Waals surface area (Å²) in [4.78, 5) is 22.0. The molecule has 0 heterocycles. The number of thioether (sulfide) groups is 2. The third-order valence-corrected chi connectivity index (χ3v) is 4.72. The molecule has 0 aromatic carbocycles. The van der Waals surface area contributed by atoms with Crippen LogP contribution in [-0.4, -0.2) is 31.6 Å². The summed E-state index contributed by atoms with van der Waals surface area (Å²) in [6.45, 7) is 8.15. The second-order valence-electron chi connectivity index (χ2n) is 4.44. The molecule has 0 saturated carbocycles. The molecule has 0 aliphatic heterocycles. The number of carboxylic acids is 2. The van der Waals surface area contributed by atoms with Crippen LogP contribution in [0.5, 0.6) is 0 Å². The Balaban J connectivity index is 4.81. The molecule has 0 amide bonds. The molecule has 0 fully saturated rings. The van der Waals surface area contributed by atoms with Gasteiger partial charge in [0, 0.05) is 4.24 Å². The van der Waals surface area contributed by atoms with Gasteiger partial charge in [-0.05, 0) is 34.6 Å². The lowest BCUT2D eigenvalue weighted by Gasteiger charge is -2.24. The molecule has 0 aliphatic rings. The van der Waals surface area contributed by atoms with E-state index in [-0.39, 0.29) is 0 Å². The van der Waals surface area contributed by atoms with E-state index in [0.717, 1.165) is 23.5 Å². The van der Waals surface area contributed by atoms with Gasteiger partial charge < -0.3 is 10.2 Å². The predicted octanol–water partition coefficient (Wildman–Crippen LogP) is 3.04. The first-order chi connectivity index (χ1) is 7.53. The van der Waals surface area contributed by atoms with Gasteiger partial charge in [-0.3, -0.25) is 9.59 Å². The van der Waals surface area contributed by atoms with Crippen LogP contribution in [0.3, 0.4) is 0 Å². The summed E-state index contributed by atoms with van der Waals surface area (Å²) in [5.74, 6) is -1.84. The Morgan fingerprint density at radius 3 is 1.41 bits per heavy atom. The van der Waals surface area contributed by atoms with Gasteiger partial charge in [0.1, 0.15) is 9.49 Å². The molecule has 6 heteroatoms. The predicted molar refractivity (Wildman–Crippen MR) is 72.4 cm³/mol. The van der Waals surface area contributed by atoms with E-state index in [1.165, 1.54) is 0 Å². The number of hydrogen-bond acceptors (Lipinski definition) is 4. The zero-order valence-corrected chi connectivity index (χ0v) is 12.2. The highest BCUT2D eigenvalue weighted by Gasteiger charge is 2.34. The van der Waals surface area contributed by atoms with Gasteiger partial charge in [-0.2, -0.15) is 0 Å². The molecule has 0 aromatic rings. The third-order valence-electron chi connectivity index (χ3n) is 1.98. The first-order valence-corrected chi connectivity index (χ1v) is 6.67. The van der Waals surface area contributed by atoms with Gasteiger partial charge in [0.2, 0.25) is 0 Å². The third kappa shape index (κ3) is 5.04. The van der Waals surface area contributed by atoms with Gasteiger partial charge in [-0.1, -0.05) is 6.08 Å². The van der Waals surface area contributed by atoms with Crippen LogP contribution in [0, 0.1) is 0 Å². The quantitative estimate of drug-likeness (QED) is 0.778. The van der Waals surface area contributed by atoms with Crippen LogP contribution in [-0.2, 0) is 9.59 Å². The van der Waals surface area contributed by atoms with Crippen LogP contribution >= 0.6 is 23.5 Å². The van der Waals surface area contributed by atoms with E-state index in [0.29, 0.717) is 4.24 Å². The van der Waals surface area contributed by atoms with Crippen molar-refractivity contribution >= 4 is 35.5 Å². The molecule has 0 radical (unpaired) electrons. The van der Waals surface area contributed by atoms with Crippen molar-refractivity contribution in [2.24, 2.45) is 0 Å². The fraction of sp³-hybridized carbons (Fsp3) is 0.636. The molecule has 2 N–H and O–H groups in total. The molecular formula is C11H18O4S2. The van der Waals surface area contributed by atoms with Crippen molar-refractivity contribution in [3.63, 3.8) is 0 Å². The summed E-state index contributed by atoms with van der Waals surface area (Å²) < 4.78 is -1.24. The lowest BCUT2D eigenvalue weighted by atomic mass is 10.2. The van der Waals surface area contributed by atoms with Gasteiger partial charge in [0.25, 0.3) is 0 Å². The molecule has 4 nitrogen and oxygen atoms in total. The minimum Gasteiger partial charge on any atom is -0.480 e. The molecule has 0 atom stereocenters. The smallest absolute Gasteiger partial charge is 0.319 e. The summed E-state index contributed by atoms with van der Waals surface area (Å²) in [6.07, 6.45) is 1.74. The molecule has 0 rings (SSSR count). The molecule has 0 spiro atoms. The number of hydrogen-bond donors (Lipinski definition) is 2. The second-order valence-corrected chi connectivity index (χ2v) is 8.03. The standard InChI is InChI=1S/C11H18O4S2/c1-6-7(16-10(2,3)8(12)13)17-11(4,5)9(14)15/h6H,1-5H3,(H,12,13)(H,14,15). The molecule has 0 aromatic heterocycles. The van der Waals surface area contributed by atoms with Gasteiger partial charge in [-0.15, -0.1) is 23.5 Å². The van der Waals surface area contributed by atoms with Crippen LogP contribution < -0.4 is 0 Å². The lowest BCUT2D eigenvalue weighted by molar-refractivity contribution is -0.139. The number of rotatable bonds is 6. The van der Waals surface area contributed by atoms with Gasteiger partial charge >= 0.3 is 11.9 Å². The summed E-state index contributed by atoms with van der Waals surface area (Å²) in [5, 5.41) is 18.0. The Labute approximate surface area is 110 Å². The minimum atomic E-state index is -0.969. The van der Waals surface area contributed by atoms with E-state index >= 15 is 0 Å². The molecule has 98 valence electrons. The van der Waals surface area contributed by atoms with Crippen LogP contribution in [0.15, 0.2) is 10.3 Å². The van der Waals surface area contributed by atoms with Crippen molar-refractivity contribution in [2.75, 3.05) is 0 Å². The lowest BCUT2D eigenvalue weighted by Crippen LogP contribution is -2.29. The maximum Gasteiger partial charge on any atom is 0.319 e. The molecule has 0 bridgehead atoms. The van der Waals surface area contributed by atoms with Crippen LogP contribution in [0.25, 0.3) is 0 Å². The van der Waals surface area contributed by atoms with Crippen LogP contribution in [0.2, 0.25) is 0 Å². The Morgan fingerprint density at radius 2 is 1.24 bits per heavy atom. The number of carboxylic acid groups (broad SMARTS) is 2. The van der Waals surface area contributed by atoms with Crippen molar-refractivity contribution < 1.29 is 19.8 Å². The van der Waals surface area contributed by atoms with E-state index in [4.69, 9.17) is 10.2 Å². The molecule has 17 heavy (non-hydrogen) atoms. The van der Waals surface area contributed by atoms with E-state index in [1.54, 1.807) is 40.7 Å². The first-order valence-electron chi connectivity index (χ1n) is 5.04. The average molecular weight is 278 g/mol. The van der Waals surface area contributed by atoms with Crippen LogP contribution in [0.1, 0.15) is 34.6 Å². The van der Waals surface area contributed by atoms with E-state index in [1.807, 2.05) is 0 Å². The summed E-state index contributed by atoms with van der Waals surface area (Å²) in [6, 6.07) is 0. The molecule has 0 unspecified atom stereocenters. The topological polar surface area (TPSA) is 74.6 Å². The normalized spacial score (nSPS) is 12.1. The Kier molecular flexibility index (Phi) is 5.61. The highest BCUT2D eigenvalue weighted by Crippen LogP contribution is 2.43. The van der Waals surface area contributed by atoms with Gasteiger partial charge in [0.05, 0.1) is 0 Å². The maximum absolute atomic E-state index is 11.0. The monoisotopic (exact) mass is 278 g/mol. The van der Waals surface area contributed by atoms with Gasteiger partial charge in [0.15, 0.2) is 0 Å². The average Bonchev–Trinajstić information content (AvgIpc) is 2.15. The first kappa shape index (κ1) is 16.4. The second kappa shape index (κ2) is 5.82. The van der Waals surface area contributed by atoms with Crippen molar-refractivity contribution in [3.05, 3.63) is 10.3 Å². The Morgan fingerprint density at radius 1 is 0.941 bits per heavy atom. The summed E-state index contributed by atoms with van der Waals surface area (Å²) >= 11 is 2.32. The largest absolute Gasteiger partial charge is 0.480 e. The summed E-state index contributed by atoms with van der Waals surface area (Å²) in [5.41, 5.74) is 0. The minimum absolute atomic E-state index is 0.699. The van der Waals surface area contributed by atoms with E-state index < -0.39 is 21.4 Å². The van der Waals surface area contributed by atoms with Crippen molar-refractivity contribution in [1.29, 1.82) is 0 Å². The molecular weight excluding hydrogens is 260 g/mol. The Hall–Kier alpha value is -0.620. The van der Waals surface area contributed by atoms with Crippen molar-refractivity contribution in [1.82, 2.24) is 0 Å². The van der Waals surface area contributed by atoms with Crippen LogP contribution in [0.4, 0.5) is 0 Å². The maximum atomic E-state index is 11.0. The highest BCUT2D eigenvalue weighted by atomic mass is 32.2.